The summed E-state index contributed by atoms with van der Waals surface area (Å²) in [5, 5.41) is 35.9. The summed E-state index contributed by atoms with van der Waals surface area (Å²) in [6.07, 6.45) is -19.6. The van der Waals surface area contributed by atoms with Crippen molar-refractivity contribution in [3.05, 3.63) is 124 Å². The summed E-state index contributed by atoms with van der Waals surface area (Å²) in [5.41, 5.74) is 2.61. The summed E-state index contributed by atoms with van der Waals surface area (Å²) in [4.78, 5) is 23.7. The van der Waals surface area contributed by atoms with E-state index < -0.39 is 86.4 Å². The third-order valence-corrected chi connectivity index (χ3v) is 22.2. The molecular formula is C74H75BrF15N13O7S. The van der Waals surface area contributed by atoms with Gasteiger partial charge in [0.15, 0.2) is 17.4 Å². The van der Waals surface area contributed by atoms with Crippen LogP contribution in [0.25, 0.3) is 11.4 Å². The SMILES string of the molecule is CC(=O)N/N=C1\Cc2c(C(F)(F)F)cc3c(c2NC1(C)C)CCO3.CC1(C)Nc2c3c(cc(C(F)(F)F)c2CC1=O)OCC3.CC1(C)Nc2c3c(cc(C(F)(F)F)c2CC1=S)OCC3.Cc1nnc2n1-c1c(C(F)(F)F)cc3c(c1NC2(C)C)CCO3.Cc1nnc2n1-c1c(c3c(c(Br)c1C(F)(F)F)OCC3)NC2(C)C. The van der Waals surface area contributed by atoms with E-state index in [1.165, 1.54) is 16.1 Å². The number of hydrogen-bond acceptors (Lipinski definition) is 18. The van der Waals surface area contributed by atoms with E-state index in [-0.39, 0.29) is 80.7 Å². The lowest BCUT2D eigenvalue weighted by atomic mass is 9.83. The van der Waals surface area contributed by atoms with Crippen molar-refractivity contribution in [3.8, 4) is 40.1 Å². The maximum Gasteiger partial charge on any atom is 0.419 e. The van der Waals surface area contributed by atoms with Crippen LogP contribution in [0.15, 0.2) is 33.8 Å². The lowest BCUT2D eigenvalue weighted by molar-refractivity contribution is -0.139. The van der Waals surface area contributed by atoms with E-state index in [0.717, 1.165) is 52.1 Å². The fourth-order valence-corrected chi connectivity index (χ4v) is 16.2. The first-order valence-electron chi connectivity index (χ1n) is 35.1. The number of nitrogens with one attached hydrogen (secondary N) is 6. The van der Waals surface area contributed by atoms with Gasteiger partial charge in [0, 0.05) is 108 Å². The van der Waals surface area contributed by atoms with E-state index in [4.69, 9.17) is 35.9 Å². The number of Topliss-reactive ketones (excluding diaryl/α,β-unsaturated/α-hetero) is 1. The highest BCUT2D eigenvalue weighted by Crippen LogP contribution is 2.57. The minimum Gasteiger partial charge on any atom is -0.493 e. The number of hydrazone groups is 1. The molecule has 5 aromatic carbocycles. The number of carbonyl (C=O) groups is 2. The Balaban J connectivity index is 0.000000122. The molecule has 10 aliphatic rings. The summed E-state index contributed by atoms with van der Waals surface area (Å²) >= 11 is 8.38. The number of rotatable bonds is 1. The number of halogens is 16. The second kappa shape index (κ2) is 27.2. The normalized spacial score (nSPS) is 19.0. The number of hydrogen-bond donors (Lipinski definition) is 6. The van der Waals surface area contributed by atoms with Gasteiger partial charge in [-0.05, 0) is 140 Å². The number of carbonyl (C=O) groups excluding carboxylic acids is 2. The molecule has 0 bridgehead atoms. The molecule has 10 aliphatic heterocycles. The van der Waals surface area contributed by atoms with Gasteiger partial charge in [0.05, 0.1) is 121 Å². The second-order valence-electron chi connectivity index (χ2n) is 30.8. The quantitative estimate of drug-likeness (QED) is 0.0510. The molecule has 2 aromatic heterocycles. The molecule has 7 aromatic rings. The summed E-state index contributed by atoms with van der Waals surface area (Å²) in [5.74, 6) is 2.60. The van der Waals surface area contributed by atoms with Crippen LogP contribution in [-0.2, 0) is 103 Å². The summed E-state index contributed by atoms with van der Waals surface area (Å²) in [7, 11) is 0. The number of anilines is 5. The van der Waals surface area contributed by atoms with E-state index in [0.29, 0.717) is 139 Å². The fourth-order valence-electron chi connectivity index (χ4n) is 15.3. The summed E-state index contributed by atoms with van der Waals surface area (Å²) in [6, 6.07) is 4.29. The molecular weight excluding hydrogens is 1580 g/mol. The van der Waals surface area contributed by atoms with Crippen LogP contribution in [0.1, 0.15) is 172 Å². The Hall–Kier alpha value is -9.29. The van der Waals surface area contributed by atoms with Crippen molar-refractivity contribution in [2.75, 3.05) is 59.6 Å². The molecule has 6 N–H and O–H groups in total. The molecule has 12 heterocycles. The van der Waals surface area contributed by atoms with E-state index >= 15 is 0 Å². The third kappa shape index (κ3) is 14.4. The Kier molecular flexibility index (Phi) is 19.6. The van der Waals surface area contributed by atoms with Crippen LogP contribution >= 0.6 is 28.1 Å². The highest BCUT2D eigenvalue weighted by molar-refractivity contribution is 9.10. The summed E-state index contributed by atoms with van der Waals surface area (Å²) in [6.45, 7) is 24.8. The van der Waals surface area contributed by atoms with Crippen LogP contribution in [0.2, 0.25) is 0 Å². The zero-order valence-electron chi connectivity index (χ0n) is 61.9. The zero-order chi connectivity index (χ0) is 81.1. The van der Waals surface area contributed by atoms with Gasteiger partial charge >= 0.3 is 30.9 Å². The number of alkyl halides is 15. The monoisotopic (exact) mass is 1650 g/mol. The maximum atomic E-state index is 13.9. The van der Waals surface area contributed by atoms with E-state index in [9.17, 15) is 75.4 Å². The largest absolute Gasteiger partial charge is 0.493 e. The molecule has 37 heteroatoms. The second-order valence-corrected chi connectivity index (χ2v) is 32.0. The van der Waals surface area contributed by atoms with Gasteiger partial charge in [0.25, 0.3) is 0 Å². The molecule has 0 unspecified atom stereocenters. The number of nitrogens with zero attached hydrogens (tertiary/aromatic N) is 7. The van der Waals surface area contributed by atoms with E-state index in [1.54, 1.807) is 27.7 Å². The zero-order valence-corrected chi connectivity index (χ0v) is 64.3. The van der Waals surface area contributed by atoms with Gasteiger partial charge in [-0.15, -0.1) is 20.4 Å². The van der Waals surface area contributed by atoms with E-state index in [1.807, 2.05) is 55.4 Å². The Morgan fingerprint density at radius 3 is 1.23 bits per heavy atom. The highest BCUT2D eigenvalue weighted by atomic mass is 79.9. The van der Waals surface area contributed by atoms with Crippen molar-refractivity contribution < 1.29 is 99.1 Å². The van der Waals surface area contributed by atoms with Crippen LogP contribution in [0.5, 0.6) is 28.7 Å². The molecule has 1 amide bonds. The third-order valence-electron chi connectivity index (χ3n) is 20.8. The van der Waals surface area contributed by atoms with Crippen molar-refractivity contribution in [2.24, 2.45) is 5.10 Å². The number of amides is 1. The molecule has 0 atom stereocenters. The number of benzene rings is 5. The predicted octanol–water partition coefficient (Wildman–Crippen LogP) is 16.7. The average Bonchev–Trinajstić information content (AvgIpc) is 1.65. The minimum absolute atomic E-state index is 0.0116. The lowest BCUT2D eigenvalue weighted by Crippen LogP contribution is -2.46. The average molecular weight is 1660 g/mol. The predicted molar refractivity (Wildman–Crippen MR) is 387 cm³/mol. The number of ketones is 1. The van der Waals surface area contributed by atoms with Crippen molar-refractivity contribution in [1.29, 1.82) is 0 Å². The van der Waals surface area contributed by atoms with Crippen LogP contribution in [0, 0.1) is 13.8 Å². The highest BCUT2D eigenvalue weighted by Gasteiger charge is 2.51. The molecule has 0 spiro atoms. The maximum absolute atomic E-state index is 13.9. The Bertz CT molecular complexity index is 4990. The van der Waals surface area contributed by atoms with Gasteiger partial charge in [0.1, 0.15) is 40.4 Å². The van der Waals surface area contributed by atoms with Gasteiger partial charge in [-0.3, -0.25) is 18.7 Å². The van der Waals surface area contributed by atoms with Gasteiger partial charge in [-0.25, -0.2) is 5.43 Å². The minimum atomic E-state index is -4.55. The molecule has 0 saturated heterocycles. The number of aromatic nitrogens is 6. The number of aryl methyl sites for hydroxylation is 2. The first-order chi connectivity index (χ1) is 51.3. The first kappa shape index (κ1) is 79.8. The van der Waals surface area contributed by atoms with Crippen LogP contribution in [0.3, 0.4) is 0 Å². The molecule has 0 saturated carbocycles. The van der Waals surface area contributed by atoms with Crippen molar-refractivity contribution in [2.45, 2.75) is 200 Å². The van der Waals surface area contributed by atoms with Crippen molar-refractivity contribution >= 4 is 78.9 Å². The Morgan fingerprint density at radius 1 is 0.459 bits per heavy atom. The molecule has 0 radical (unpaired) electrons. The number of ether oxygens (including phenoxy) is 5. The molecule has 0 aliphatic carbocycles. The van der Waals surface area contributed by atoms with Crippen LogP contribution in [-0.4, -0.2) is 101 Å². The molecule has 596 valence electrons. The smallest absolute Gasteiger partial charge is 0.419 e. The van der Waals surface area contributed by atoms with Crippen LogP contribution in [0.4, 0.5) is 94.3 Å². The molecule has 17 rings (SSSR count). The Labute approximate surface area is 639 Å². The molecule has 20 nitrogen and oxygen atoms in total. The van der Waals surface area contributed by atoms with Gasteiger partial charge in [-0.1, -0.05) is 12.2 Å². The molecule has 111 heavy (non-hydrogen) atoms. The van der Waals surface area contributed by atoms with E-state index in [2.05, 4.69) is 73.4 Å². The number of thiocarbonyl (C=S) groups is 1. The summed E-state index contributed by atoms with van der Waals surface area (Å²) < 4.78 is 232. The number of fused-ring (bicyclic) bond motifs is 19. The van der Waals surface area contributed by atoms with Crippen molar-refractivity contribution in [1.82, 2.24) is 35.0 Å². The first-order valence-corrected chi connectivity index (χ1v) is 36.3. The standard InChI is InChI=1S/C16H18F3N3O2.C15H14BrF3N4O.C15H15F3N4O.C14H14F3NO2.C14H14F3NOS/c1-8(23)21-22-13-6-10-11(16(17,18)19)7-12-9(4-5-24-12)14(10)20-15(13,2)3;1-6-21-22-13-14(2,3)20-10-7-4-5-24-12(7)9(16)8(15(17,18)19)11(10)23(6)13;1-7-20-21-13-14(2,3)19-11-8-4-5-23-10(8)6-9(15(16,17)18)12(11)22(7)13;1-13(2)11(19)5-8-9(14(15,16)17)6-10-7(3-4-20-10)12(8)18-13;1-13(2)11(20)5-8-9(14(15,16)17)6-10-7(3-4-19-10)12(8)18-13/h7,20H,4-6H2,1-3H3,(H,21,23);20H,4-5H2,1-3H3;6,19H,4-5H2,1-3H3;2*6,18H,3-5H2,1-2H3/b22-13+;;;;. The molecule has 0 fully saturated rings. The Morgan fingerprint density at radius 2 is 0.811 bits per heavy atom. The van der Waals surface area contributed by atoms with Crippen LogP contribution < -0.4 is 55.7 Å². The van der Waals surface area contributed by atoms with Gasteiger partial charge in [0.2, 0.25) is 5.91 Å². The van der Waals surface area contributed by atoms with Crippen molar-refractivity contribution in [3.63, 3.8) is 0 Å². The lowest BCUT2D eigenvalue weighted by Gasteiger charge is -2.37. The van der Waals surface area contributed by atoms with Gasteiger partial charge in [-0.2, -0.15) is 71.0 Å². The van der Waals surface area contributed by atoms with Gasteiger partial charge < -0.3 is 50.3 Å². The topological polar surface area (TPSA) is 226 Å². The fraction of sp³-hybridized carbons (Fsp3) is 0.486.